The van der Waals surface area contributed by atoms with Crippen molar-refractivity contribution < 1.29 is 14.6 Å². The highest BCUT2D eigenvalue weighted by Crippen LogP contribution is 2.23. The van der Waals surface area contributed by atoms with E-state index in [4.69, 9.17) is 10.5 Å². The summed E-state index contributed by atoms with van der Waals surface area (Å²) in [6.07, 6.45) is 0. The highest BCUT2D eigenvalue weighted by molar-refractivity contribution is 5.93. The van der Waals surface area contributed by atoms with Gasteiger partial charge in [-0.05, 0) is 24.3 Å². The molecule has 1 heterocycles. The van der Waals surface area contributed by atoms with Crippen molar-refractivity contribution in [3.05, 3.63) is 30.0 Å². The van der Waals surface area contributed by atoms with E-state index < -0.39 is 5.91 Å². The number of aromatic amines is 1. The molecular formula is C11H11N3O3. The van der Waals surface area contributed by atoms with Crippen LogP contribution in [0.15, 0.2) is 24.3 Å². The van der Waals surface area contributed by atoms with E-state index >= 15 is 0 Å². The Kier molecular flexibility index (Phi) is 2.70. The molecule has 17 heavy (non-hydrogen) atoms. The maximum absolute atomic E-state index is 10.9. The van der Waals surface area contributed by atoms with Gasteiger partial charge in [0.15, 0.2) is 5.69 Å². The highest BCUT2D eigenvalue weighted by Gasteiger charge is 2.14. The fourth-order valence-corrected chi connectivity index (χ4v) is 1.42. The largest absolute Gasteiger partial charge is 0.497 e. The summed E-state index contributed by atoms with van der Waals surface area (Å²) in [5, 5.41) is 9.42. The molecule has 1 aromatic carbocycles. The van der Waals surface area contributed by atoms with E-state index in [1.807, 2.05) is 0 Å². The van der Waals surface area contributed by atoms with E-state index in [0.29, 0.717) is 17.1 Å². The summed E-state index contributed by atoms with van der Waals surface area (Å²) in [5.74, 6) is -0.0274. The van der Waals surface area contributed by atoms with Crippen molar-refractivity contribution in [3.63, 3.8) is 0 Å². The normalized spacial score (nSPS) is 10.2. The van der Waals surface area contributed by atoms with Crippen LogP contribution in [-0.2, 0) is 0 Å². The van der Waals surface area contributed by atoms with Crippen LogP contribution in [0, 0.1) is 0 Å². The molecule has 1 amide bonds. The van der Waals surface area contributed by atoms with Gasteiger partial charge in [-0.25, -0.2) is 4.98 Å². The van der Waals surface area contributed by atoms with Crippen molar-refractivity contribution in [2.45, 2.75) is 0 Å². The number of ether oxygens (including phenoxy) is 1. The molecule has 88 valence electrons. The summed E-state index contributed by atoms with van der Waals surface area (Å²) in [6.45, 7) is 0. The fourth-order valence-electron chi connectivity index (χ4n) is 1.42. The Morgan fingerprint density at radius 1 is 1.41 bits per heavy atom. The van der Waals surface area contributed by atoms with E-state index in [9.17, 15) is 9.90 Å². The summed E-state index contributed by atoms with van der Waals surface area (Å²) < 4.78 is 5.02. The highest BCUT2D eigenvalue weighted by atomic mass is 16.5. The van der Waals surface area contributed by atoms with Gasteiger partial charge in [-0.2, -0.15) is 0 Å². The van der Waals surface area contributed by atoms with E-state index in [2.05, 4.69) is 9.97 Å². The van der Waals surface area contributed by atoms with Crippen LogP contribution in [0.2, 0.25) is 0 Å². The summed E-state index contributed by atoms with van der Waals surface area (Å²) in [5.41, 5.74) is 5.60. The van der Waals surface area contributed by atoms with Crippen LogP contribution in [0.25, 0.3) is 11.4 Å². The second kappa shape index (κ2) is 4.17. The maximum Gasteiger partial charge on any atom is 0.272 e. The van der Waals surface area contributed by atoms with Crippen LogP contribution in [0.5, 0.6) is 11.6 Å². The van der Waals surface area contributed by atoms with Gasteiger partial charge in [0.05, 0.1) is 7.11 Å². The molecule has 0 aliphatic heterocycles. The maximum atomic E-state index is 10.9. The number of H-pyrrole nitrogens is 1. The molecule has 0 saturated heterocycles. The lowest BCUT2D eigenvalue weighted by Gasteiger charge is -2.00. The SMILES string of the molecule is COc1ccc(-c2nc(C(N)=O)c(O)[nH]2)cc1. The first-order valence-corrected chi connectivity index (χ1v) is 4.85. The molecule has 0 spiro atoms. The molecule has 0 unspecified atom stereocenters. The minimum atomic E-state index is -0.779. The van der Waals surface area contributed by atoms with Crippen molar-refractivity contribution in [1.82, 2.24) is 9.97 Å². The Hall–Kier alpha value is -2.50. The number of methoxy groups -OCH3 is 1. The number of carbonyl (C=O) groups excluding carboxylic acids is 1. The van der Waals surface area contributed by atoms with Crippen molar-refractivity contribution in [1.29, 1.82) is 0 Å². The zero-order valence-electron chi connectivity index (χ0n) is 9.10. The number of primary amides is 1. The molecule has 2 rings (SSSR count). The molecule has 0 radical (unpaired) electrons. The number of hydrogen-bond donors (Lipinski definition) is 3. The Bertz CT molecular complexity index is 546. The molecule has 0 aliphatic carbocycles. The molecular weight excluding hydrogens is 222 g/mol. The first kappa shape index (κ1) is 11.0. The van der Waals surface area contributed by atoms with Crippen LogP contribution < -0.4 is 10.5 Å². The van der Waals surface area contributed by atoms with Gasteiger partial charge in [-0.1, -0.05) is 0 Å². The number of nitrogens with zero attached hydrogens (tertiary/aromatic N) is 1. The Morgan fingerprint density at radius 2 is 2.06 bits per heavy atom. The van der Waals surface area contributed by atoms with E-state index in [1.165, 1.54) is 0 Å². The molecule has 0 saturated carbocycles. The van der Waals surface area contributed by atoms with Gasteiger partial charge in [0.2, 0.25) is 5.88 Å². The third kappa shape index (κ3) is 2.05. The number of amides is 1. The zero-order valence-corrected chi connectivity index (χ0v) is 9.10. The molecule has 0 fully saturated rings. The smallest absolute Gasteiger partial charge is 0.272 e. The van der Waals surface area contributed by atoms with Crippen molar-refractivity contribution in [3.8, 4) is 23.0 Å². The molecule has 6 nitrogen and oxygen atoms in total. The topological polar surface area (TPSA) is 101 Å². The number of benzene rings is 1. The molecule has 1 aromatic heterocycles. The monoisotopic (exact) mass is 233 g/mol. The standard InChI is InChI=1S/C11H11N3O3/c1-17-7-4-2-6(3-5-7)10-13-8(9(12)15)11(16)14-10/h2-5,16H,1H3,(H2,12,15)(H,13,14). The van der Waals surface area contributed by atoms with Gasteiger partial charge in [-0.15, -0.1) is 0 Å². The number of nitrogens with two attached hydrogens (primary N) is 1. The Labute approximate surface area is 97.1 Å². The summed E-state index contributed by atoms with van der Waals surface area (Å²) >= 11 is 0. The van der Waals surface area contributed by atoms with Gasteiger partial charge in [0.25, 0.3) is 5.91 Å². The molecule has 0 bridgehead atoms. The molecule has 0 atom stereocenters. The predicted molar refractivity (Wildman–Crippen MR) is 60.8 cm³/mol. The number of hydrogen-bond acceptors (Lipinski definition) is 4. The number of aromatic hydroxyl groups is 1. The molecule has 2 aromatic rings. The van der Waals surface area contributed by atoms with Gasteiger partial charge in [0, 0.05) is 5.56 Å². The second-order valence-electron chi connectivity index (χ2n) is 3.38. The lowest BCUT2D eigenvalue weighted by Crippen LogP contribution is -2.11. The van der Waals surface area contributed by atoms with Gasteiger partial charge in [-0.3, -0.25) is 4.79 Å². The van der Waals surface area contributed by atoms with Crippen molar-refractivity contribution in [2.75, 3.05) is 7.11 Å². The molecule has 0 aliphatic rings. The van der Waals surface area contributed by atoms with Gasteiger partial charge < -0.3 is 20.6 Å². The molecule has 4 N–H and O–H groups in total. The number of carbonyl (C=O) groups is 1. The van der Waals surface area contributed by atoms with E-state index in [0.717, 1.165) is 0 Å². The second-order valence-corrected chi connectivity index (χ2v) is 3.38. The minimum Gasteiger partial charge on any atom is -0.497 e. The minimum absolute atomic E-state index is 0.171. The third-order valence-corrected chi connectivity index (χ3v) is 2.28. The quantitative estimate of drug-likeness (QED) is 0.732. The van der Waals surface area contributed by atoms with Crippen LogP contribution in [0.3, 0.4) is 0 Å². The number of imidazole rings is 1. The van der Waals surface area contributed by atoms with Crippen LogP contribution in [0.1, 0.15) is 10.5 Å². The van der Waals surface area contributed by atoms with E-state index in [-0.39, 0.29) is 11.6 Å². The number of aromatic nitrogens is 2. The lowest BCUT2D eigenvalue weighted by molar-refractivity contribution is 0.0993. The summed E-state index contributed by atoms with van der Waals surface area (Å²) in [4.78, 5) is 17.4. The van der Waals surface area contributed by atoms with Crippen LogP contribution >= 0.6 is 0 Å². The van der Waals surface area contributed by atoms with Gasteiger partial charge in [0.1, 0.15) is 11.6 Å². The Morgan fingerprint density at radius 3 is 2.53 bits per heavy atom. The molecule has 6 heteroatoms. The summed E-state index contributed by atoms with van der Waals surface area (Å²) in [6, 6.07) is 7.00. The van der Waals surface area contributed by atoms with E-state index in [1.54, 1.807) is 31.4 Å². The first-order valence-electron chi connectivity index (χ1n) is 4.85. The zero-order chi connectivity index (χ0) is 12.4. The van der Waals surface area contributed by atoms with Crippen molar-refractivity contribution >= 4 is 5.91 Å². The fraction of sp³-hybridized carbons (Fsp3) is 0.0909. The van der Waals surface area contributed by atoms with Gasteiger partial charge >= 0.3 is 0 Å². The Balaban J connectivity index is 2.39. The van der Waals surface area contributed by atoms with Crippen LogP contribution in [0.4, 0.5) is 0 Å². The number of rotatable bonds is 3. The third-order valence-electron chi connectivity index (χ3n) is 2.28. The van der Waals surface area contributed by atoms with Crippen LogP contribution in [-0.4, -0.2) is 28.1 Å². The van der Waals surface area contributed by atoms with Crippen molar-refractivity contribution in [2.24, 2.45) is 5.73 Å². The predicted octanol–water partition coefficient (Wildman–Crippen LogP) is 0.890. The number of nitrogens with one attached hydrogen (secondary N) is 1. The average molecular weight is 233 g/mol. The first-order chi connectivity index (χ1) is 8.11. The lowest BCUT2D eigenvalue weighted by atomic mass is 10.2. The summed E-state index contributed by atoms with van der Waals surface area (Å²) in [7, 11) is 1.57. The average Bonchev–Trinajstić information content (AvgIpc) is 2.71.